The average Bonchev–Trinajstić information content (AvgIpc) is 2.59. The molecule has 0 aliphatic carbocycles. The first-order valence-electron chi connectivity index (χ1n) is 8.18. The van der Waals surface area contributed by atoms with E-state index in [9.17, 15) is 13.2 Å². The van der Waals surface area contributed by atoms with E-state index in [1.807, 2.05) is 30.3 Å². The molecule has 0 spiro atoms. The third-order valence-corrected chi connectivity index (χ3v) is 5.83. The molecule has 1 aliphatic heterocycles. The number of rotatable bonds is 6. The Morgan fingerprint density at radius 3 is 2.52 bits per heavy atom. The second-order valence-electron chi connectivity index (χ2n) is 6.18. The molecule has 134 valence electrons. The van der Waals surface area contributed by atoms with Gasteiger partial charge in [-0.1, -0.05) is 18.2 Å². The van der Waals surface area contributed by atoms with Crippen LogP contribution in [0, 0.1) is 0 Å². The minimum atomic E-state index is -3.54. The number of aliphatic carboxylic acids is 1. The molecule has 1 saturated heterocycles. The topological polar surface area (TPSA) is 90.8 Å². The van der Waals surface area contributed by atoms with Crippen LogP contribution in [0.4, 0.5) is 5.82 Å². The van der Waals surface area contributed by atoms with Gasteiger partial charge in [-0.15, -0.1) is 0 Å². The minimum absolute atomic E-state index is 0.118. The zero-order valence-corrected chi connectivity index (χ0v) is 14.7. The van der Waals surface area contributed by atoms with Gasteiger partial charge < -0.3 is 10.0 Å². The van der Waals surface area contributed by atoms with Crippen LogP contribution in [0.5, 0.6) is 0 Å². The Morgan fingerprint density at radius 2 is 1.80 bits per heavy atom. The third kappa shape index (κ3) is 4.67. The maximum atomic E-state index is 11.7. The highest BCUT2D eigenvalue weighted by molar-refractivity contribution is 7.92. The fourth-order valence-corrected chi connectivity index (χ4v) is 4.02. The Balaban J connectivity index is 1.55. The normalized spacial score (nSPS) is 16.2. The molecule has 3 rings (SSSR count). The van der Waals surface area contributed by atoms with Crippen molar-refractivity contribution in [3.8, 4) is 0 Å². The van der Waals surface area contributed by atoms with Crippen molar-refractivity contribution in [2.24, 2.45) is 0 Å². The fourth-order valence-electron chi connectivity index (χ4n) is 2.96. The maximum absolute atomic E-state index is 11.7. The van der Waals surface area contributed by atoms with Gasteiger partial charge in [0.05, 0.1) is 11.3 Å². The number of sulfone groups is 1. The lowest BCUT2D eigenvalue weighted by molar-refractivity contribution is -0.134. The predicted molar refractivity (Wildman–Crippen MR) is 96.7 cm³/mol. The largest absolute Gasteiger partial charge is 0.480 e. The standard InChI is InChI=1S/C17H21N3O4S/c21-17(22)13-25(23,24)12-11-19-7-9-20(10-8-19)16-6-5-14-3-1-2-4-15(14)18-16/h1-6H,7-13H2,(H,21,22). The number of nitrogens with zero attached hydrogens (tertiary/aromatic N) is 3. The van der Waals surface area contributed by atoms with Crippen molar-refractivity contribution in [1.29, 1.82) is 0 Å². The van der Waals surface area contributed by atoms with Gasteiger partial charge in [-0.05, 0) is 18.2 Å². The van der Waals surface area contributed by atoms with E-state index in [0.717, 1.165) is 42.9 Å². The molecule has 0 bridgehead atoms. The van der Waals surface area contributed by atoms with E-state index in [4.69, 9.17) is 5.11 Å². The summed E-state index contributed by atoms with van der Waals surface area (Å²) in [4.78, 5) is 19.5. The molecule has 0 atom stereocenters. The van der Waals surface area contributed by atoms with Gasteiger partial charge in [-0.25, -0.2) is 13.4 Å². The molecule has 0 radical (unpaired) electrons. The van der Waals surface area contributed by atoms with E-state index in [1.165, 1.54) is 0 Å². The quantitative estimate of drug-likeness (QED) is 0.814. The first-order chi connectivity index (χ1) is 11.9. The summed E-state index contributed by atoms with van der Waals surface area (Å²) in [7, 11) is -3.54. The molecule has 0 saturated carbocycles. The summed E-state index contributed by atoms with van der Waals surface area (Å²) in [6, 6.07) is 12.0. The molecule has 0 unspecified atom stereocenters. The Morgan fingerprint density at radius 1 is 1.08 bits per heavy atom. The van der Waals surface area contributed by atoms with Gasteiger partial charge >= 0.3 is 5.97 Å². The van der Waals surface area contributed by atoms with Crippen LogP contribution in [-0.2, 0) is 14.6 Å². The Labute approximate surface area is 146 Å². The molecule has 7 nitrogen and oxygen atoms in total. The van der Waals surface area contributed by atoms with Crippen LogP contribution in [0.3, 0.4) is 0 Å². The van der Waals surface area contributed by atoms with Gasteiger partial charge in [0, 0.05) is 38.1 Å². The molecule has 1 aromatic carbocycles. The fraction of sp³-hybridized carbons (Fsp3) is 0.412. The summed E-state index contributed by atoms with van der Waals surface area (Å²) in [5, 5.41) is 9.72. The molecule has 2 aromatic rings. The summed E-state index contributed by atoms with van der Waals surface area (Å²) in [6.07, 6.45) is 0. The van der Waals surface area contributed by atoms with Crippen LogP contribution >= 0.6 is 0 Å². The van der Waals surface area contributed by atoms with E-state index in [1.54, 1.807) is 0 Å². The summed E-state index contributed by atoms with van der Waals surface area (Å²) < 4.78 is 23.3. The number of carboxylic acid groups (broad SMARTS) is 1. The lowest BCUT2D eigenvalue weighted by Gasteiger charge is -2.35. The van der Waals surface area contributed by atoms with Crippen LogP contribution in [0.15, 0.2) is 36.4 Å². The van der Waals surface area contributed by atoms with Crippen LogP contribution in [0.1, 0.15) is 0 Å². The molecule has 1 fully saturated rings. The van der Waals surface area contributed by atoms with Gasteiger partial charge in [0.2, 0.25) is 0 Å². The number of anilines is 1. The summed E-state index contributed by atoms with van der Waals surface area (Å²) in [5.74, 6) is -1.29. The van der Waals surface area contributed by atoms with Gasteiger partial charge in [-0.2, -0.15) is 0 Å². The lowest BCUT2D eigenvalue weighted by atomic mass is 10.2. The molecule has 0 amide bonds. The highest BCUT2D eigenvalue weighted by Crippen LogP contribution is 2.19. The number of pyridine rings is 1. The molecule has 1 aromatic heterocycles. The molecular formula is C17H21N3O4S. The van der Waals surface area contributed by atoms with Crippen molar-refractivity contribution in [3.05, 3.63) is 36.4 Å². The predicted octanol–water partition coefficient (Wildman–Crippen LogP) is 0.856. The van der Waals surface area contributed by atoms with Crippen molar-refractivity contribution >= 4 is 32.5 Å². The highest BCUT2D eigenvalue weighted by Gasteiger charge is 2.21. The number of hydrogen-bond donors (Lipinski definition) is 1. The minimum Gasteiger partial charge on any atom is -0.480 e. The molecule has 1 aliphatic rings. The third-order valence-electron chi connectivity index (χ3n) is 4.34. The monoisotopic (exact) mass is 363 g/mol. The van der Waals surface area contributed by atoms with Crippen molar-refractivity contribution in [3.63, 3.8) is 0 Å². The first-order valence-corrected chi connectivity index (χ1v) is 10.0. The molecule has 1 N–H and O–H groups in total. The molecule has 8 heteroatoms. The van der Waals surface area contributed by atoms with Crippen LogP contribution < -0.4 is 4.90 Å². The Hall–Kier alpha value is -2.19. The number of piperazine rings is 1. The van der Waals surface area contributed by atoms with Crippen LogP contribution in [0.25, 0.3) is 10.9 Å². The van der Waals surface area contributed by atoms with Crippen molar-refractivity contribution in [2.45, 2.75) is 0 Å². The van der Waals surface area contributed by atoms with Gasteiger partial charge in [-0.3, -0.25) is 9.69 Å². The van der Waals surface area contributed by atoms with E-state index in [2.05, 4.69) is 20.9 Å². The van der Waals surface area contributed by atoms with Crippen molar-refractivity contribution in [1.82, 2.24) is 9.88 Å². The number of benzene rings is 1. The van der Waals surface area contributed by atoms with Crippen LogP contribution in [-0.4, -0.2) is 73.6 Å². The maximum Gasteiger partial charge on any atom is 0.318 e. The van der Waals surface area contributed by atoms with E-state index in [0.29, 0.717) is 6.54 Å². The zero-order chi connectivity index (χ0) is 17.9. The second kappa shape index (κ2) is 7.37. The van der Waals surface area contributed by atoms with Gasteiger partial charge in [0.1, 0.15) is 11.6 Å². The number of hydrogen-bond acceptors (Lipinski definition) is 6. The molecule has 25 heavy (non-hydrogen) atoms. The summed E-state index contributed by atoms with van der Waals surface area (Å²) >= 11 is 0. The summed E-state index contributed by atoms with van der Waals surface area (Å²) in [5.41, 5.74) is 0.960. The zero-order valence-electron chi connectivity index (χ0n) is 13.8. The van der Waals surface area contributed by atoms with E-state index >= 15 is 0 Å². The van der Waals surface area contributed by atoms with Crippen molar-refractivity contribution < 1.29 is 18.3 Å². The smallest absolute Gasteiger partial charge is 0.318 e. The number of para-hydroxylation sites is 1. The average molecular weight is 363 g/mol. The number of carbonyl (C=O) groups is 1. The van der Waals surface area contributed by atoms with Gasteiger partial charge in [0.25, 0.3) is 0 Å². The number of aromatic nitrogens is 1. The Kier molecular flexibility index (Phi) is 5.19. The Bertz CT molecular complexity index is 861. The SMILES string of the molecule is O=C(O)CS(=O)(=O)CCN1CCN(c2ccc3ccccc3n2)CC1. The van der Waals surface area contributed by atoms with Crippen LogP contribution in [0.2, 0.25) is 0 Å². The number of carboxylic acids is 1. The van der Waals surface area contributed by atoms with E-state index in [-0.39, 0.29) is 5.75 Å². The van der Waals surface area contributed by atoms with Gasteiger partial charge in [0.15, 0.2) is 9.84 Å². The lowest BCUT2D eigenvalue weighted by Crippen LogP contribution is -2.48. The molecule has 2 heterocycles. The number of fused-ring (bicyclic) bond motifs is 1. The highest BCUT2D eigenvalue weighted by atomic mass is 32.2. The van der Waals surface area contributed by atoms with Crippen molar-refractivity contribution in [2.75, 3.05) is 49.1 Å². The summed E-state index contributed by atoms with van der Waals surface area (Å²) in [6.45, 7) is 3.37. The molecular weight excluding hydrogens is 342 g/mol. The van der Waals surface area contributed by atoms with E-state index < -0.39 is 21.6 Å². The first kappa shape index (κ1) is 17.6. The second-order valence-corrected chi connectivity index (χ2v) is 8.36.